The molecule has 3 aromatic rings. The van der Waals surface area contributed by atoms with Crippen LogP contribution in [-0.2, 0) is 11.3 Å². The summed E-state index contributed by atoms with van der Waals surface area (Å²) in [4.78, 5) is 36.1. The molecule has 4 rings (SSSR count). The number of hydrogen-bond acceptors (Lipinski definition) is 6. The molecular formula is C16H17N7O2. The Bertz CT molecular complexity index is 923. The van der Waals surface area contributed by atoms with Gasteiger partial charge < -0.3 is 14.8 Å². The average Bonchev–Trinajstić information content (AvgIpc) is 3.04. The monoisotopic (exact) mass is 339 g/mol. The second kappa shape index (κ2) is 6.34. The SMILES string of the molecule is O=C(Cn1nc2ccccc2n1)N1CCN(c2ncc[nH]c2=O)CC1. The fraction of sp³-hybridized carbons (Fsp3) is 0.312. The second-order valence-electron chi connectivity index (χ2n) is 5.83. The first-order valence-electron chi connectivity index (χ1n) is 8.07. The largest absolute Gasteiger partial charge is 0.348 e. The Hall–Kier alpha value is -3.23. The quantitative estimate of drug-likeness (QED) is 0.713. The van der Waals surface area contributed by atoms with E-state index in [0.29, 0.717) is 32.0 Å². The lowest BCUT2D eigenvalue weighted by Crippen LogP contribution is -2.51. The number of aromatic amines is 1. The third-order valence-electron chi connectivity index (χ3n) is 4.23. The zero-order valence-electron chi connectivity index (χ0n) is 13.5. The van der Waals surface area contributed by atoms with Crippen LogP contribution in [0.1, 0.15) is 0 Å². The number of rotatable bonds is 3. The Kier molecular flexibility index (Phi) is 3.88. The number of amides is 1. The zero-order valence-corrected chi connectivity index (χ0v) is 13.5. The van der Waals surface area contributed by atoms with E-state index in [0.717, 1.165) is 11.0 Å². The molecule has 1 aliphatic heterocycles. The van der Waals surface area contributed by atoms with Crippen LogP contribution in [0.3, 0.4) is 0 Å². The van der Waals surface area contributed by atoms with E-state index in [-0.39, 0.29) is 18.0 Å². The molecule has 0 unspecified atom stereocenters. The van der Waals surface area contributed by atoms with Gasteiger partial charge in [-0.1, -0.05) is 12.1 Å². The number of hydrogen-bond donors (Lipinski definition) is 1. The Labute approximate surface area is 142 Å². The second-order valence-corrected chi connectivity index (χ2v) is 5.83. The minimum Gasteiger partial charge on any atom is -0.348 e. The highest BCUT2D eigenvalue weighted by Crippen LogP contribution is 2.10. The standard InChI is InChI=1S/C16H17N7O2/c24-14(11-23-19-12-3-1-2-4-13(12)20-23)21-7-9-22(10-8-21)15-16(25)18-6-5-17-15/h1-6H,7-11H2,(H,18,25). The first kappa shape index (κ1) is 15.3. The molecule has 0 bridgehead atoms. The number of aromatic nitrogens is 5. The maximum Gasteiger partial charge on any atom is 0.290 e. The number of carbonyl (C=O) groups is 1. The highest BCUT2D eigenvalue weighted by atomic mass is 16.2. The summed E-state index contributed by atoms with van der Waals surface area (Å²) in [5.74, 6) is 0.365. The van der Waals surface area contributed by atoms with Gasteiger partial charge >= 0.3 is 0 Å². The van der Waals surface area contributed by atoms with E-state index in [4.69, 9.17) is 0 Å². The first-order valence-corrected chi connectivity index (χ1v) is 8.07. The summed E-state index contributed by atoms with van der Waals surface area (Å²) >= 11 is 0. The van der Waals surface area contributed by atoms with Crippen molar-refractivity contribution in [2.24, 2.45) is 0 Å². The number of anilines is 1. The lowest BCUT2D eigenvalue weighted by molar-refractivity contribution is -0.132. The predicted molar refractivity (Wildman–Crippen MR) is 91.2 cm³/mol. The van der Waals surface area contributed by atoms with Gasteiger partial charge in [0.15, 0.2) is 5.82 Å². The van der Waals surface area contributed by atoms with Crippen LogP contribution in [0.5, 0.6) is 0 Å². The molecule has 1 aliphatic rings. The van der Waals surface area contributed by atoms with Crippen LogP contribution in [0.25, 0.3) is 11.0 Å². The van der Waals surface area contributed by atoms with Crippen molar-refractivity contribution < 1.29 is 4.79 Å². The zero-order chi connectivity index (χ0) is 17.2. The summed E-state index contributed by atoms with van der Waals surface area (Å²) < 4.78 is 0. The number of benzene rings is 1. The fourth-order valence-electron chi connectivity index (χ4n) is 2.93. The van der Waals surface area contributed by atoms with Gasteiger partial charge in [-0.25, -0.2) is 4.98 Å². The van der Waals surface area contributed by atoms with Crippen molar-refractivity contribution in [2.45, 2.75) is 6.54 Å². The lowest BCUT2D eigenvalue weighted by Gasteiger charge is -2.34. The summed E-state index contributed by atoms with van der Waals surface area (Å²) in [5, 5.41) is 8.63. The predicted octanol–water partition coefficient (Wildman–Crippen LogP) is -0.137. The maximum atomic E-state index is 12.5. The van der Waals surface area contributed by atoms with Gasteiger partial charge in [0.1, 0.15) is 17.6 Å². The molecule has 25 heavy (non-hydrogen) atoms. The van der Waals surface area contributed by atoms with E-state index in [1.165, 1.54) is 11.0 Å². The molecule has 1 fully saturated rings. The van der Waals surface area contributed by atoms with Gasteiger partial charge in [-0.2, -0.15) is 15.0 Å². The van der Waals surface area contributed by atoms with Crippen molar-refractivity contribution in [3.05, 3.63) is 47.0 Å². The number of nitrogens with zero attached hydrogens (tertiary/aromatic N) is 6. The Morgan fingerprint density at radius 3 is 2.40 bits per heavy atom. The third kappa shape index (κ3) is 3.08. The van der Waals surface area contributed by atoms with E-state index in [1.54, 1.807) is 11.1 Å². The highest BCUT2D eigenvalue weighted by Gasteiger charge is 2.23. The normalized spacial score (nSPS) is 14.9. The molecule has 1 aromatic carbocycles. The van der Waals surface area contributed by atoms with E-state index in [2.05, 4.69) is 20.2 Å². The van der Waals surface area contributed by atoms with Gasteiger partial charge in [0.2, 0.25) is 5.91 Å². The smallest absolute Gasteiger partial charge is 0.290 e. The fourth-order valence-corrected chi connectivity index (χ4v) is 2.93. The van der Waals surface area contributed by atoms with Gasteiger partial charge in [0.25, 0.3) is 5.56 Å². The minimum absolute atomic E-state index is 0.0325. The highest BCUT2D eigenvalue weighted by molar-refractivity contribution is 5.77. The van der Waals surface area contributed by atoms with Crippen LogP contribution < -0.4 is 10.5 Å². The third-order valence-corrected chi connectivity index (χ3v) is 4.23. The van der Waals surface area contributed by atoms with E-state index >= 15 is 0 Å². The van der Waals surface area contributed by atoms with Crippen LogP contribution in [0.4, 0.5) is 5.82 Å². The summed E-state index contributed by atoms with van der Waals surface area (Å²) in [6.45, 7) is 2.32. The molecule has 0 saturated carbocycles. The van der Waals surface area contributed by atoms with Crippen LogP contribution in [0.15, 0.2) is 41.5 Å². The Balaban J connectivity index is 1.39. The number of H-pyrrole nitrogens is 1. The van der Waals surface area contributed by atoms with Gasteiger partial charge in [0.05, 0.1) is 0 Å². The Morgan fingerprint density at radius 2 is 1.76 bits per heavy atom. The van der Waals surface area contributed by atoms with Crippen LogP contribution in [0, 0.1) is 0 Å². The van der Waals surface area contributed by atoms with Crippen molar-refractivity contribution in [1.29, 1.82) is 0 Å². The van der Waals surface area contributed by atoms with Gasteiger partial charge in [-0.15, -0.1) is 0 Å². The lowest BCUT2D eigenvalue weighted by atomic mass is 10.3. The number of fused-ring (bicyclic) bond motifs is 1. The number of carbonyl (C=O) groups excluding carboxylic acids is 1. The molecule has 2 aromatic heterocycles. The number of piperazine rings is 1. The molecule has 1 N–H and O–H groups in total. The van der Waals surface area contributed by atoms with Crippen LogP contribution in [-0.4, -0.2) is 61.9 Å². The summed E-state index contributed by atoms with van der Waals surface area (Å²) in [6.07, 6.45) is 3.06. The van der Waals surface area contributed by atoms with Crippen molar-refractivity contribution in [2.75, 3.05) is 31.1 Å². The molecule has 1 saturated heterocycles. The van der Waals surface area contributed by atoms with Crippen LogP contribution in [0.2, 0.25) is 0 Å². The summed E-state index contributed by atoms with van der Waals surface area (Å²) in [6, 6.07) is 7.52. The topological polar surface area (TPSA) is 100 Å². The first-order chi connectivity index (χ1) is 12.2. The summed E-state index contributed by atoms with van der Waals surface area (Å²) in [5.41, 5.74) is 1.33. The van der Waals surface area contributed by atoms with Crippen molar-refractivity contribution >= 4 is 22.8 Å². The van der Waals surface area contributed by atoms with Crippen LogP contribution >= 0.6 is 0 Å². The van der Waals surface area contributed by atoms with E-state index < -0.39 is 0 Å². The molecule has 0 aliphatic carbocycles. The minimum atomic E-state index is -0.213. The number of nitrogens with one attached hydrogen (secondary N) is 1. The molecule has 1 amide bonds. The molecule has 9 nitrogen and oxygen atoms in total. The average molecular weight is 339 g/mol. The van der Waals surface area contributed by atoms with E-state index in [1.807, 2.05) is 29.2 Å². The Morgan fingerprint density at radius 1 is 1.08 bits per heavy atom. The molecule has 128 valence electrons. The molecule has 0 atom stereocenters. The maximum absolute atomic E-state index is 12.5. The molecule has 0 spiro atoms. The van der Waals surface area contributed by atoms with Gasteiger partial charge in [-0.05, 0) is 12.1 Å². The molecular weight excluding hydrogens is 322 g/mol. The van der Waals surface area contributed by atoms with Crippen molar-refractivity contribution in [3.63, 3.8) is 0 Å². The van der Waals surface area contributed by atoms with Gasteiger partial charge in [0, 0.05) is 38.6 Å². The van der Waals surface area contributed by atoms with Gasteiger partial charge in [-0.3, -0.25) is 9.59 Å². The molecule has 9 heteroatoms. The van der Waals surface area contributed by atoms with Crippen molar-refractivity contribution in [1.82, 2.24) is 29.9 Å². The summed E-state index contributed by atoms with van der Waals surface area (Å²) in [7, 11) is 0. The van der Waals surface area contributed by atoms with E-state index in [9.17, 15) is 9.59 Å². The van der Waals surface area contributed by atoms with Crippen molar-refractivity contribution in [3.8, 4) is 0 Å². The molecule has 0 radical (unpaired) electrons. The molecule has 3 heterocycles.